The maximum atomic E-state index is 6.07. The minimum atomic E-state index is -0.0703. The summed E-state index contributed by atoms with van der Waals surface area (Å²) in [6.45, 7) is 7.08. The Labute approximate surface area is 109 Å². The molecule has 0 atom stereocenters. The lowest BCUT2D eigenvalue weighted by molar-refractivity contribution is 0.411. The zero-order valence-electron chi connectivity index (χ0n) is 11.1. The molecule has 0 spiro atoms. The summed E-state index contributed by atoms with van der Waals surface area (Å²) in [5.41, 5.74) is 1.89. The molecule has 2 N–H and O–H groups in total. The number of hydrogen-bond donors (Lipinski definition) is 2. The molecular formula is C13H21ClN2O. The van der Waals surface area contributed by atoms with Crippen molar-refractivity contribution < 1.29 is 4.74 Å². The van der Waals surface area contributed by atoms with Crippen molar-refractivity contribution in [2.24, 2.45) is 0 Å². The number of anilines is 1. The maximum Gasteiger partial charge on any atom is 0.144 e. The van der Waals surface area contributed by atoms with E-state index in [2.05, 4.69) is 24.5 Å². The van der Waals surface area contributed by atoms with Crippen LogP contribution in [0.4, 0.5) is 5.69 Å². The van der Waals surface area contributed by atoms with Crippen LogP contribution in [-0.4, -0.2) is 26.2 Å². The van der Waals surface area contributed by atoms with E-state index in [0.717, 1.165) is 23.5 Å². The molecular weight excluding hydrogens is 236 g/mol. The first-order chi connectivity index (χ1) is 7.89. The molecule has 1 aromatic carbocycles. The topological polar surface area (TPSA) is 33.3 Å². The second kappa shape index (κ2) is 5.61. The minimum Gasteiger partial charge on any atom is -0.494 e. The molecule has 0 bridgehead atoms. The van der Waals surface area contributed by atoms with Crippen LogP contribution in [0.5, 0.6) is 5.75 Å². The summed E-state index contributed by atoms with van der Waals surface area (Å²) in [6.07, 6.45) is 0. The van der Waals surface area contributed by atoms with Gasteiger partial charge < -0.3 is 15.4 Å². The van der Waals surface area contributed by atoms with Crippen LogP contribution in [-0.2, 0) is 0 Å². The van der Waals surface area contributed by atoms with Gasteiger partial charge in [-0.1, -0.05) is 11.6 Å². The standard InChI is InChI=1S/C13H21ClN2O/c1-9-6-10(14)7-11(12(9)17-5)16-13(2,3)8-15-4/h6-7,15-16H,8H2,1-5H3. The molecule has 0 heterocycles. The van der Waals surface area contributed by atoms with Gasteiger partial charge in [-0.05, 0) is 45.5 Å². The van der Waals surface area contributed by atoms with Crippen molar-refractivity contribution >= 4 is 17.3 Å². The summed E-state index contributed by atoms with van der Waals surface area (Å²) >= 11 is 6.07. The molecule has 0 fully saturated rings. The molecule has 0 radical (unpaired) electrons. The van der Waals surface area contributed by atoms with E-state index in [1.807, 2.05) is 26.1 Å². The number of hydrogen-bond acceptors (Lipinski definition) is 3. The molecule has 0 amide bonds. The molecule has 96 valence electrons. The highest BCUT2D eigenvalue weighted by Crippen LogP contribution is 2.33. The number of benzene rings is 1. The number of aryl methyl sites for hydroxylation is 1. The second-order valence-electron chi connectivity index (χ2n) is 4.84. The Hall–Kier alpha value is -0.930. The number of rotatable bonds is 5. The molecule has 17 heavy (non-hydrogen) atoms. The van der Waals surface area contributed by atoms with Gasteiger partial charge >= 0.3 is 0 Å². The van der Waals surface area contributed by atoms with Crippen LogP contribution in [0.1, 0.15) is 19.4 Å². The molecule has 0 aliphatic heterocycles. The maximum absolute atomic E-state index is 6.07. The first-order valence-electron chi connectivity index (χ1n) is 5.66. The third kappa shape index (κ3) is 3.79. The fourth-order valence-corrected chi connectivity index (χ4v) is 2.22. The molecule has 0 unspecified atom stereocenters. The van der Waals surface area contributed by atoms with E-state index >= 15 is 0 Å². The Morgan fingerprint density at radius 2 is 2.00 bits per heavy atom. The smallest absolute Gasteiger partial charge is 0.144 e. The molecule has 0 saturated carbocycles. The summed E-state index contributed by atoms with van der Waals surface area (Å²) in [4.78, 5) is 0. The monoisotopic (exact) mass is 256 g/mol. The number of halogens is 1. The Morgan fingerprint density at radius 1 is 1.35 bits per heavy atom. The lowest BCUT2D eigenvalue weighted by atomic mass is 10.0. The molecule has 0 aliphatic rings. The summed E-state index contributed by atoms with van der Waals surface area (Å²) < 4.78 is 5.41. The predicted molar refractivity (Wildman–Crippen MR) is 74.4 cm³/mol. The van der Waals surface area contributed by atoms with Gasteiger partial charge in [-0.2, -0.15) is 0 Å². The van der Waals surface area contributed by atoms with E-state index in [1.54, 1.807) is 7.11 Å². The van der Waals surface area contributed by atoms with E-state index in [1.165, 1.54) is 0 Å². The number of nitrogens with one attached hydrogen (secondary N) is 2. The fourth-order valence-electron chi connectivity index (χ4n) is 1.94. The summed E-state index contributed by atoms with van der Waals surface area (Å²) in [6, 6.07) is 3.79. The van der Waals surface area contributed by atoms with Crippen molar-refractivity contribution in [3.63, 3.8) is 0 Å². The summed E-state index contributed by atoms with van der Waals surface area (Å²) in [7, 11) is 3.61. The van der Waals surface area contributed by atoms with E-state index in [4.69, 9.17) is 16.3 Å². The van der Waals surface area contributed by atoms with Crippen LogP contribution in [0.25, 0.3) is 0 Å². The number of methoxy groups -OCH3 is 1. The van der Waals surface area contributed by atoms with Gasteiger partial charge in [0, 0.05) is 17.1 Å². The zero-order chi connectivity index (χ0) is 13.1. The Morgan fingerprint density at radius 3 is 2.53 bits per heavy atom. The first kappa shape index (κ1) is 14.1. The van der Waals surface area contributed by atoms with Crippen LogP contribution in [0, 0.1) is 6.92 Å². The van der Waals surface area contributed by atoms with Gasteiger partial charge in [0.2, 0.25) is 0 Å². The molecule has 0 aliphatic carbocycles. The molecule has 0 saturated heterocycles. The Balaban J connectivity index is 3.04. The normalized spacial score (nSPS) is 11.4. The second-order valence-corrected chi connectivity index (χ2v) is 5.28. The summed E-state index contributed by atoms with van der Waals surface area (Å²) in [5, 5.41) is 7.32. The zero-order valence-corrected chi connectivity index (χ0v) is 11.9. The van der Waals surface area contributed by atoms with E-state index in [0.29, 0.717) is 5.02 Å². The van der Waals surface area contributed by atoms with Crippen molar-refractivity contribution in [3.05, 3.63) is 22.7 Å². The average Bonchev–Trinajstić information content (AvgIpc) is 2.15. The van der Waals surface area contributed by atoms with E-state index in [-0.39, 0.29) is 5.54 Å². The highest BCUT2D eigenvalue weighted by molar-refractivity contribution is 6.31. The van der Waals surface area contributed by atoms with Gasteiger partial charge in [0.25, 0.3) is 0 Å². The van der Waals surface area contributed by atoms with Crippen molar-refractivity contribution in [2.45, 2.75) is 26.3 Å². The first-order valence-corrected chi connectivity index (χ1v) is 6.04. The third-order valence-electron chi connectivity index (χ3n) is 2.54. The largest absolute Gasteiger partial charge is 0.494 e. The number of ether oxygens (including phenoxy) is 1. The Kier molecular flexibility index (Phi) is 4.66. The Bertz CT molecular complexity index is 391. The number of likely N-dealkylation sites (N-methyl/N-ethyl adjacent to an activating group) is 1. The third-order valence-corrected chi connectivity index (χ3v) is 2.75. The molecule has 3 nitrogen and oxygen atoms in total. The average molecular weight is 257 g/mol. The molecule has 4 heteroatoms. The highest BCUT2D eigenvalue weighted by atomic mass is 35.5. The highest BCUT2D eigenvalue weighted by Gasteiger charge is 2.19. The van der Waals surface area contributed by atoms with Gasteiger partial charge in [0.15, 0.2) is 0 Å². The van der Waals surface area contributed by atoms with Gasteiger partial charge in [-0.25, -0.2) is 0 Å². The van der Waals surface area contributed by atoms with E-state index < -0.39 is 0 Å². The molecule has 1 rings (SSSR count). The van der Waals surface area contributed by atoms with Crippen LogP contribution >= 0.6 is 11.6 Å². The van der Waals surface area contributed by atoms with Gasteiger partial charge in [-0.3, -0.25) is 0 Å². The van der Waals surface area contributed by atoms with Crippen molar-refractivity contribution in [3.8, 4) is 5.75 Å². The summed E-state index contributed by atoms with van der Waals surface area (Å²) in [5.74, 6) is 0.846. The SMILES string of the molecule is CNCC(C)(C)Nc1cc(Cl)cc(C)c1OC. The van der Waals surface area contributed by atoms with Crippen LogP contribution in [0.15, 0.2) is 12.1 Å². The quantitative estimate of drug-likeness (QED) is 0.850. The minimum absolute atomic E-state index is 0.0703. The molecule has 1 aromatic rings. The van der Waals surface area contributed by atoms with Gasteiger partial charge in [0.1, 0.15) is 5.75 Å². The van der Waals surface area contributed by atoms with Crippen molar-refractivity contribution in [1.82, 2.24) is 5.32 Å². The fraction of sp³-hybridized carbons (Fsp3) is 0.538. The van der Waals surface area contributed by atoms with Crippen LogP contribution in [0.2, 0.25) is 5.02 Å². The van der Waals surface area contributed by atoms with Crippen molar-refractivity contribution in [2.75, 3.05) is 26.0 Å². The molecule has 0 aromatic heterocycles. The lowest BCUT2D eigenvalue weighted by Crippen LogP contribution is -2.40. The van der Waals surface area contributed by atoms with Crippen LogP contribution in [0.3, 0.4) is 0 Å². The van der Waals surface area contributed by atoms with Crippen LogP contribution < -0.4 is 15.4 Å². The predicted octanol–water partition coefficient (Wildman–Crippen LogP) is 3.07. The lowest BCUT2D eigenvalue weighted by Gasteiger charge is -2.28. The van der Waals surface area contributed by atoms with E-state index in [9.17, 15) is 0 Å². The van der Waals surface area contributed by atoms with Gasteiger partial charge in [-0.15, -0.1) is 0 Å². The van der Waals surface area contributed by atoms with Crippen molar-refractivity contribution in [1.29, 1.82) is 0 Å². The van der Waals surface area contributed by atoms with Gasteiger partial charge in [0.05, 0.1) is 12.8 Å².